The molecule has 0 aromatic carbocycles. The quantitative estimate of drug-likeness (QED) is 0.517. The van der Waals surface area contributed by atoms with Crippen molar-refractivity contribution in [1.29, 1.82) is 0 Å². The van der Waals surface area contributed by atoms with Gasteiger partial charge >= 0.3 is 0 Å². The Morgan fingerprint density at radius 1 is 1.64 bits per heavy atom. The van der Waals surface area contributed by atoms with Crippen LogP contribution in [0.4, 0.5) is 0 Å². The van der Waals surface area contributed by atoms with E-state index in [9.17, 15) is 4.79 Å². The fraction of sp³-hybridized carbons (Fsp3) is 0.600. The van der Waals surface area contributed by atoms with Crippen molar-refractivity contribution in [3.8, 4) is 0 Å². The highest BCUT2D eigenvalue weighted by Crippen LogP contribution is 2.06. The monoisotopic (exact) mass is 197 g/mol. The van der Waals surface area contributed by atoms with E-state index in [2.05, 4.69) is 5.16 Å². The Morgan fingerprint density at radius 2 is 2.43 bits per heavy atom. The summed E-state index contributed by atoms with van der Waals surface area (Å²) < 4.78 is 9.94. The summed E-state index contributed by atoms with van der Waals surface area (Å²) in [6.07, 6.45) is 1.20. The minimum Gasteiger partial charge on any atom is -0.382 e. The van der Waals surface area contributed by atoms with Crippen LogP contribution in [0.25, 0.3) is 0 Å². The van der Waals surface area contributed by atoms with Gasteiger partial charge in [-0.25, -0.2) is 0 Å². The summed E-state index contributed by atoms with van der Waals surface area (Å²) in [5.74, 6) is 0.680. The Bertz CT molecular complexity index is 293. The van der Waals surface area contributed by atoms with Gasteiger partial charge in [-0.05, 0) is 20.3 Å². The molecule has 4 heteroatoms. The van der Waals surface area contributed by atoms with Crippen molar-refractivity contribution >= 4 is 5.78 Å². The van der Waals surface area contributed by atoms with Crippen molar-refractivity contribution in [1.82, 2.24) is 5.16 Å². The van der Waals surface area contributed by atoms with Gasteiger partial charge in [0.25, 0.3) is 0 Å². The smallest absolute Gasteiger partial charge is 0.184 e. The molecular formula is C10H15NO3. The van der Waals surface area contributed by atoms with Crippen LogP contribution in [0.1, 0.15) is 36.0 Å². The fourth-order valence-electron chi connectivity index (χ4n) is 1.11. The Kier molecular flexibility index (Phi) is 4.32. The first-order chi connectivity index (χ1) is 6.74. The zero-order valence-electron chi connectivity index (χ0n) is 8.58. The third-order valence-electron chi connectivity index (χ3n) is 1.81. The minimum atomic E-state index is 0.0153. The normalized spacial score (nSPS) is 10.4. The summed E-state index contributed by atoms with van der Waals surface area (Å²) in [6.45, 7) is 5.02. The lowest BCUT2D eigenvalue weighted by molar-refractivity contribution is 0.0938. The van der Waals surface area contributed by atoms with E-state index in [0.717, 1.165) is 6.42 Å². The predicted octanol–water partition coefficient (Wildman–Crippen LogP) is 1.98. The van der Waals surface area contributed by atoms with Crippen LogP contribution >= 0.6 is 0 Å². The number of carbonyl (C=O) groups is 1. The van der Waals surface area contributed by atoms with Gasteiger partial charge in [-0.1, -0.05) is 5.16 Å². The van der Waals surface area contributed by atoms with Crippen LogP contribution in [-0.2, 0) is 4.74 Å². The zero-order valence-corrected chi connectivity index (χ0v) is 8.58. The maximum atomic E-state index is 11.4. The van der Waals surface area contributed by atoms with E-state index in [4.69, 9.17) is 9.26 Å². The highest BCUT2D eigenvalue weighted by molar-refractivity contribution is 5.94. The number of ketones is 1. The van der Waals surface area contributed by atoms with Crippen molar-refractivity contribution in [3.05, 3.63) is 17.5 Å². The molecule has 0 bridgehead atoms. The molecule has 0 amide bonds. The van der Waals surface area contributed by atoms with Gasteiger partial charge < -0.3 is 9.26 Å². The molecule has 78 valence electrons. The van der Waals surface area contributed by atoms with Crippen molar-refractivity contribution in [2.75, 3.05) is 13.2 Å². The molecule has 1 heterocycles. The Balaban J connectivity index is 2.29. The number of hydrogen-bond acceptors (Lipinski definition) is 4. The van der Waals surface area contributed by atoms with E-state index >= 15 is 0 Å². The largest absolute Gasteiger partial charge is 0.382 e. The zero-order chi connectivity index (χ0) is 10.4. The van der Waals surface area contributed by atoms with Crippen LogP contribution in [0.15, 0.2) is 10.6 Å². The number of nitrogens with zero attached hydrogens (tertiary/aromatic N) is 1. The van der Waals surface area contributed by atoms with Crippen molar-refractivity contribution in [2.24, 2.45) is 0 Å². The maximum absolute atomic E-state index is 11.4. The minimum absolute atomic E-state index is 0.0153. The van der Waals surface area contributed by atoms with Crippen LogP contribution in [0.5, 0.6) is 0 Å². The first-order valence-electron chi connectivity index (χ1n) is 4.78. The van der Waals surface area contributed by atoms with Crippen molar-refractivity contribution in [2.45, 2.75) is 26.7 Å². The van der Waals surface area contributed by atoms with Gasteiger partial charge in [0, 0.05) is 25.7 Å². The second-order valence-electron chi connectivity index (χ2n) is 3.05. The molecule has 0 unspecified atom stereocenters. The van der Waals surface area contributed by atoms with Crippen LogP contribution < -0.4 is 0 Å². The molecule has 0 N–H and O–H groups in total. The Morgan fingerprint density at radius 3 is 3.00 bits per heavy atom. The molecule has 0 radical (unpaired) electrons. The molecule has 4 nitrogen and oxygen atoms in total. The lowest BCUT2D eigenvalue weighted by Gasteiger charge is -1.98. The maximum Gasteiger partial charge on any atom is 0.184 e. The second kappa shape index (κ2) is 5.54. The molecule has 1 aromatic heterocycles. The Hall–Kier alpha value is -1.16. The highest BCUT2D eigenvalue weighted by atomic mass is 16.5. The molecule has 0 saturated carbocycles. The molecule has 0 aliphatic rings. The molecule has 0 saturated heterocycles. The summed E-state index contributed by atoms with van der Waals surface area (Å²) in [7, 11) is 0. The Labute approximate surface area is 83.2 Å². The van der Waals surface area contributed by atoms with Gasteiger partial charge in [-0.3, -0.25) is 4.79 Å². The van der Waals surface area contributed by atoms with Crippen LogP contribution in [0.3, 0.4) is 0 Å². The average Bonchev–Trinajstić information content (AvgIpc) is 2.59. The van der Waals surface area contributed by atoms with E-state index in [1.165, 1.54) is 0 Å². The molecule has 0 fully saturated rings. The summed E-state index contributed by atoms with van der Waals surface area (Å²) in [4.78, 5) is 11.4. The summed E-state index contributed by atoms with van der Waals surface area (Å²) in [6, 6.07) is 1.66. The number of aromatic nitrogens is 1. The third-order valence-corrected chi connectivity index (χ3v) is 1.81. The SMILES string of the molecule is CCOCCCC(=O)c1cc(C)on1. The topological polar surface area (TPSA) is 52.3 Å². The lowest BCUT2D eigenvalue weighted by Crippen LogP contribution is -2.02. The first-order valence-corrected chi connectivity index (χ1v) is 4.78. The summed E-state index contributed by atoms with van der Waals surface area (Å²) in [5, 5.41) is 3.65. The predicted molar refractivity (Wildman–Crippen MR) is 51.3 cm³/mol. The van der Waals surface area contributed by atoms with Crippen LogP contribution in [0.2, 0.25) is 0 Å². The molecule has 1 aromatic rings. The lowest BCUT2D eigenvalue weighted by atomic mass is 10.2. The van der Waals surface area contributed by atoms with Gasteiger partial charge in [0.1, 0.15) is 11.5 Å². The van der Waals surface area contributed by atoms with Gasteiger partial charge in [0.05, 0.1) is 0 Å². The van der Waals surface area contributed by atoms with Gasteiger partial charge in [0.2, 0.25) is 0 Å². The van der Waals surface area contributed by atoms with E-state index in [-0.39, 0.29) is 5.78 Å². The molecule has 0 aliphatic heterocycles. The van der Waals surface area contributed by atoms with E-state index < -0.39 is 0 Å². The molecule has 1 rings (SSSR count). The van der Waals surface area contributed by atoms with Gasteiger partial charge in [0.15, 0.2) is 5.78 Å². The number of aryl methyl sites for hydroxylation is 1. The summed E-state index contributed by atoms with van der Waals surface area (Å²) >= 11 is 0. The number of hydrogen-bond donors (Lipinski definition) is 0. The van der Waals surface area contributed by atoms with Gasteiger partial charge in [-0.2, -0.15) is 0 Å². The number of rotatable bonds is 6. The third kappa shape index (κ3) is 3.30. The second-order valence-corrected chi connectivity index (χ2v) is 3.05. The fourth-order valence-corrected chi connectivity index (χ4v) is 1.11. The van der Waals surface area contributed by atoms with Crippen molar-refractivity contribution in [3.63, 3.8) is 0 Å². The molecule has 14 heavy (non-hydrogen) atoms. The van der Waals surface area contributed by atoms with E-state index in [0.29, 0.717) is 31.1 Å². The van der Waals surface area contributed by atoms with Crippen molar-refractivity contribution < 1.29 is 14.1 Å². The number of carbonyl (C=O) groups excluding carboxylic acids is 1. The molecule has 0 aliphatic carbocycles. The molecule has 0 atom stereocenters. The number of ether oxygens (including phenoxy) is 1. The van der Waals surface area contributed by atoms with Crippen LogP contribution in [0, 0.1) is 6.92 Å². The molecular weight excluding hydrogens is 182 g/mol. The first kappa shape index (κ1) is 10.9. The van der Waals surface area contributed by atoms with Gasteiger partial charge in [-0.15, -0.1) is 0 Å². The van der Waals surface area contributed by atoms with E-state index in [1.807, 2.05) is 6.92 Å². The standard InChI is InChI=1S/C10H15NO3/c1-3-13-6-4-5-10(12)9-7-8(2)14-11-9/h7H,3-6H2,1-2H3. The highest BCUT2D eigenvalue weighted by Gasteiger charge is 2.09. The van der Waals surface area contributed by atoms with E-state index in [1.54, 1.807) is 13.0 Å². The summed E-state index contributed by atoms with van der Waals surface area (Å²) in [5.41, 5.74) is 0.416. The molecule has 0 spiro atoms. The van der Waals surface area contributed by atoms with Crippen LogP contribution in [-0.4, -0.2) is 24.2 Å². The average molecular weight is 197 g/mol. The number of Topliss-reactive ketones (excluding diaryl/α,β-unsaturated/α-hetero) is 1.